The molecule has 0 radical (unpaired) electrons. The minimum atomic E-state index is -0.745. The van der Waals surface area contributed by atoms with Crippen LogP contribution in [0, 0.1) is 20.2 Å². The molecule has 0 N–H and O–H groups in total. The molecule has 1 aliphatic heterocycles. The van der Waals surface area contributed by atoms with Crippen LogP contribution in [-0.2, 0) is 6.54 Å². The zero-order valence-electron chi connectivity index (χ0n) is 13.7. The molecular formula is C16H16N4O6. The van der Waals surface area contributed by atoms with Crippen LogP contribution < -0.4 is 0 Å². The van der Waals surface area contributed by atoms with Crippen molar-refractivity contribution in [2.24, 2.45) is 0 Å². The highest BCUT2D eigenvalue weighted by molar-refractivity contribution is 5.95. The first kappa shape index (κ1) is 17.5. The van der Waals surface area contributed by atoms with E-state index in [0.29, 0.717) is 32.7 Å². The van der Waals surface area contributed by atoms with E-state index in [-0.39, 0.29) is 5.56 Å². The molecule has 0 bridgehead atoms. The minimum absolute atomic E-state index is 0.0506. The molecule has 136 valence electrons. The maximum atomic E-state index is 12.6. The molecular weight excluding hydrogens is 344 g/mol. The summed E-state index contributed by atoms with van der Waals surface area (Å²) in [5, 5.41) is 21.9. The largest absolute Gasteiger partial charge is 0.468 e. The Labute approximate surface area is 147 Å². The SMILES string of the molecule is O=C(c1cc([N+](=O)[O-])cc([N+](=O)[O-])c1)N1CCN(Cc2ccco2)CC1. The van der Waals surface area contributed by atoms with E-state index >= 15 is 0 Å². The van der Waals surface area contributed by atoms with Gasteiger partial charge in [0, 0.05) is 38.3 Å². The number of nitro groups is 2. The first-order valence-electron chi connectivity index (χ1n) is 7.92. The van der Waals surface area contributed by atoms with Crippen molar-refractivity contribution in [1.82, 2.24) is 9.80 Å². The lowest BCUT2D eigenvalue weighted by Gasteiger charge is -2.34. The number of furan rings is 1. The monoisotopic (exact) mass is 360 g/mol. The standard InChI is InChI=1S/C16H16N4O6/c21-16(12-8-13(19(22)23)10-14(9-12)20(24)25)18-5-3-17(4-6-18)11-15-2-1-7-26-15/h1-2,7-10H,3-6,11H2. The second-order valence-electron chi connectivity index (χ2n) is 5.90. The van der Waals surface area contributed by atoms with Crippen LogP contribution in [0.2, 0.25) is 0 Å². The summed E-state index contributed by atoms with van der Waals surface area (Å²) in [5.41, 5.74) is -0.997. The number of carbonyl (C=O) groups excluding carboxylic acids is 1. The molecule has 1 aliphatic rings. The van der Waals surface area contributed by atoms with Crippen LogP contribution in [0.3, 0.4) is 0 Å². The molecule has 26 heavy (non-hydrogen) atoms. The number of nitrogens with zero attached hydrogens (tertiary/aromatic N) is 4. The van der Waals surface area contributed by atoms with Gasteiger partial charge in [-0.2, -0.15) is 0 Å². The fraction of sp³-hybridized carbons (Fsp3) is 0.312. The van der Waals surface area contributed by atoms with Crippen LogP contribution in [0.4, 0.5) is 11.4 Å². The van der Waals surface area contributed by atoms with Crippen molar-refractivity contribution >= 4 is 17.3 Å². The molecule has 0 unspecified atom stereocenters. The van der Waals surface area contributed by atoms with E-state index in [4.69, 9.17) is 4.42 Å². The molecule has 10 heteroatoms. The second-order valence-corrected chi connectivity index (χ2v) is 5.90. The smallest absolute Gasteiger partial charge is 0.277 e. The normalized spacial score (nSPS) is 15.0. The molecule has 2 heterocycles. The highest BCUT2D eigenvalue weighted by atomic mass is 16.6. The Morgan fingerprint density at radius 2 is 1.65 bits per heavy atom. The number of hydrogen-bond acceptors (Lipinski definition) is 7. The van der Waals surface area contributed by atoms with Gasteiger partial charge < -0.3 is 9.32 Å². The number of amides is 1. The average Bonchev–Trinajstić information content (AvgIpc) is 3.14. The Morgan fingerprint density at radius 1 is 1.04 bits per heavy atom. The van der Waals surface area contributed by atoms with Gasteiger partial charge in [0.2, 0.25) is 0 Å². The van der Waals surface area contributed by atoms with Gasteiger partial charge in [-0.15, -0.1) is 0 Å². The topological polar surface area (TPSA) is 123 Å². The summed E-state index contributed by atoms with van der Waals surface area (Å²) in [4.78, 5) is 36.7. The van der Waals surface area contributed by atoms with Gasteiger partial charge in [0.05, 0.1) is 34.3 Å². The summed E-state index contributed by atoms with van der Waals surface area (Å²) < 4.78 is 5.30. The molecule has 1 amide bonds. The molecule has 3 rings (SSSR count). The summed E-state index contributed by atoms with van der Waals surface area (Å²) in [5.74, 6) is 0.383. The van der Waals surface area contributed by atoms with Gasteiger partial charge in [-0.1, -0.05) is 0 Å². The van der Waals surface area contributed by atoms with Crippen LogP contribution in [0.15, 0.2) is 41.0 Å². The Kier molecular flexibility index (Phi) is 4.94. The van der Waals surface area contributed by atoms with Crippen molar-refractivity contribution < 1.29 is 19.1 Å². The van der Waals surface area contributed by atoms with Crippen molar-refractivity contribution in [3.8, 4) is 0 Å². The Bertz CT molecular complexity index is 795. The number of nitro benzene ring substituents is 2. The van der Waals surface area contributed by atoms with E-state index in [9.17, 15) is 25.0 Å². The second kappa shape index (κ2) is 7.31. The van der Waals surface area contributed by atoms with Gasteiger partial charge >= 0.3 is 0 Å². The number of rotatable bonds is 5. The fourth-order valence-electron chi connectivity index (χ4n) is 2.84. The number of non-ortho nitro benzene ring substituents is 2. The van der Waals surface area contributed by atoms with E-state index in [0.717, 1.165) is 24.0 Å². The summed E-state index contributed by atoms with van der Waals surface area (Å²) in [7, 11) is 0. The van der Waals surface area contributed by atoms with Crippen molar-refractivity contribution in [3.63, 3.8) is 0 Å². The molecule has 10 nitrogen and oxygen atoms in total. The highest BCUT2D eigenvalue weighted by Crippen LogP contribution is 2.24. The molecule has 1 aromatic carbocycles. The minimum Gasteiger partial charge on any atom is -0.468 e. The summed E-state index contributed by atoms with van der Waals surface area (Å²) in [6, 6.07) is 6.68. The first-order valence-corrected chi connectivity index (χ1v) is 7.92. The molecule has 2 aromatic rings. The summed E-state index contributed by atoms with van der Waals surface area (Å²) in [6.45, 7) is 2.72. The van der Waals surface area contributed by atoms with Crippen molar-refractivity contribution in [3.05, 3.63) is 68.1 Å². The Hall–Kier alpha value is -3.27. The fourth-order valence-corrected chi connectivity index (χ4v) is 2.84. The summed E-state index contributed by atoms with van der Waals surface area (Å²) >= 11 is 0. The van der Waals surface area contributed by atoms with Crippen LogP contribution >= 0.6 is 0 Å². The van der Waals surface area contributed by atoms with Gasteiger partial charge in [0.15, 0.2) is 0 Å². The predicted molar refractivity (Wildman–Crippen MR) is 89.6 cm³/mol. The molecule has 0 spiro atoms. The van der Waals surface area contributed by atoms with Crippen LogP contribution in [0.25, 0.3) is 0 Å². The number of hydrogen-bond donors (Lipinski definition) is 0. The van der Waals surface area contributed by atoms with Crippen molar-refractivity contribution in [2.45, 2.75) is 6.54 Å². The quantitative estimate of drug-likeness (QED) is 0.590. The molecule has 1 saturated heterocycles. The zero-order valence-corrected chi connectivity index (χ0v) is 13.7. The number of benzene rings is 1. The van der Waals surface area contributed by atoms with E-state index in [1.165, 1.54) is 0 Å². The number of carbonyl (C=O) groups is 1. The van der Waals surface area contributed by atoms with E-state index in [1.807, 2.05) is 12.1 Å². The van der Waals surface area contributed by atoms with Crippen molar-refractivity contribution in [2.75, 3.05) is 26.2 Å². The van der Waals surface area contributed by atoms with Crippen LogP contribution in [-0.4, -0.2) is 51.7 Å². The molecule has 1 aromatic heterocycles. The lowest BCUT2D eigenvalue weighted by molar-refractivity contribution is -0.394. The Morgan fingerprint density at radius 3 is 2.15 bits per heavy atom. The first-order chi connectivity index (χ1) is 12.4. The van der Waals surface area contributed by atoms with E-state index < -0.39 is 27.1 Å². The third kappa shape index (κ3) is 3.86. The van der Waals surface area contributed by atoms with Gasteiger partial charge in [-0.05, 0) is 12.1 Å². The van der Waals surface area contributed by atoms with Crippen LogP contribution in [0.5, 0.6) is 0 Å². The highest BCUT2D eigenvalue weighted by Gasteiger charge is 2.26. The predicted octanol–water partition coefficient (Wildman–Crippen LogP) is 2.05. The lowest BCUT2D eigenvalue weighted by Crippen LogP contribution is -2.48. The van der Waals surface area contributed by atoms with Crippen molar-refractivity contribution in [1.29, 1.82) is 0 Å². The van der Waals surface area contributed by atoms with E-state index in [2.05, 4.69) is 4.90 Å². The third-order valence-corrected chi connectivity index (χ3v) is 4.19. The molecule has 0 aliphatic carbocycles. The van der Waals surface area contributed by atoms with E-state index in [1.54, 1.807) is 11.2 Å². The van der Waals surface area contributed by atoms with Crippen LogP contribution in [0.1, 0.15) is 16.1 Å². The Balaban J connectivity index is 1.70. The maximum absolute atomic E-state index is 12.6. The van der Waals surface area contributed by atoms with Gasteiger partial charge in [0.25, 0.3) is 17.3 Å². The third-order valence-electron chi connectivity index (χ3n) is 4.19. The van der Waals surface area contributed by atoms with Gasteiger partial charge in [0.1, 0.15) is 5.76 Å². The average molecular weight is 360 g/mol. The van der Waals surface area contributed by atoms with Gasteiger partial charge in [-0.3, -0.25) is 29.9 Å². The zero-order chi connectivity index (χ0) is 18.7. The molecule has 0 saturated carbocycles. The molecule has 0 atom stereocenters. The lowest BCUT2D eigenvalue weighted by atomic mass is 10.1. The van der Waals surface area contributed by atoms with Gasteiger partial charge in [-0.25, -0.2) is 0 Å². The summed E-state index contributed by atoms with van der Waals surface area (Å²) in [6.07, 6.45) is 1.60. The number of piperazine rings is 1. The molecule has 1 fully saturated rings. The maximum Gasteiger partial charge on any atom is 0.277 e.